The molecule has 0 aromatic carbocycles. The molecule has 0 atom stereocenters. The van der Waals surface area contributed by atoms with Crippen LogP contribution in [-0.2, 0) is 4.79 Å². The summed E-state index contributed by atoms with van der Waals surface area (Å²) in [5.74, 6) is -0.835. The lowest BCUT2D eigenvalue weighted by Gasteiger charge is -2.07. The minimum absolute atomic E-state index is 0.135. The van der Waals surface area contributed by atoms with Gasteiger partial charge in [0.2, 0.25) is 5.91 Å². The quantitative estimate of drug-likeness (QED) is 0.792. The van der Waals surface area contributed by atoms with Gasteiger partial charge in [0, 0.05) is 18.5 Å². The van der Waals surface area contributed by atoms with Crippen LogP contribution in [0.15, 0.2) is 24.4 Å². The van der Waals surface area contributed by atoms with E-state index in [-0.39, 0.29) is 17.3 Å². The lowest BCUT2D eigenvalue weighted by molar-refractivity contribution is -0.114. The first-order valence-electron chi connectivity index (χ1n) is 4.91. The SMILES string of the molecule is CC(=O)Nc1nc2ncccc2cc1C(N)=O. The van der Waals surface area contributed by atoms with Crippen LogP contribution in [0.4, 0.5) is 5.82 Å². The number of nitrogens with zero attached hydrogens (tertiary/aromatic N) is 2. The molecule has 0 aliphatic rings. The zero-order valence-electron chi connectivity index (χ0n) is 9.10. The van der Waals surface area contributed by atoms with Crippen LogP contribution >= 0.6 is 0 Å². The van der Waals surface area contributed by atoms with Crippen molar-refractivity contribution in [3.63, 3.8) is 0 Å². The maximum atomic E-state index is 11.3. The van der Waals surface area contributed by atoms with Gasteiger partial charge in [-0.25, -0.2) is 9.97 Å². The van der Waals surface area contributed by atoms with Gasteiger partial charge in [0.15, 0.2) is 5.65 Å². The number of carbonyl (C=O) groups excluding carboxylic acids is 2. The Hall–Kier alpha value is -2.50. The number of nitrogens with two attached hydrogens (primary N) is 1. The van der Waals surface area contributed by atoms with Crippen LogP contribution in [0, 0.1) is 0 Å². The van der Waals surface area contributed by atoms with Gasteiger partial charge in [-0.15, -0.1) is 0 Å². The van der Waals surface area contributed by atoms with Crippen molar-refractivity contribution in [2.45, 2.75) is 6.92 Å². The van der Waals surface area contributed by atoms with E-state index in [9.17, 15) is 9.59 Å². The summed E-state index contributed by atoms with van der Waals surface area (Å²) in [5.41, 5.74) is 5.84. The van der Waals surface area contributed by atoms with Crippen molar-refractivity contribution in [1.82, 2.24) is 9.97 Å². The highest BCUT2D eigenvalue weighted by Crippen LogP contribution is 2.18. The van der Waals surface area contributed by atoms with Crippen molar-refractivity contribution in [3.05, 3.63) is 30.0 Å². The molecule has 0 fully saturated rings. The van der Waals surface area contributed by atoms with E-state index in [1.807, 2.05) is 0 Å². The third kappa shape index (κ3) is 2.20. The lowest BCUT2D eigenvalue weighted by atomic mass is 10.2. The molecule has 2 rings (SSSR count). The summed E-state index contributed by atoms with van der Waals surface area (Å²) >= 11 is 0. The molecule has 0 unspecified atom stereocenters. The van der Waals surface area contributed by atoms with Gasteiger partial charge in [0.1, 0.15) is 5.82 Å². The molecule has 2 aromatic heterocycles. The van der Waals surface area contributed by atoms with Crippen molar-refractivity contribution < 1.29 is 9.59 Å². The van der Waals surface area contributed by atoms with Gasteiger partial charge >= 0.3 is 0 Å². The van der Waals surface area contributed by atoms with E-state index in [4.69, 9.17) is 5.73 Å². The van der Waals surface area contributed by atoms with Crippen LogP contribution in [-0.4, -0.2) is 21.8 Å². The Morgan fingerprint density at radius 3 is 2.82 bits per heavy atom. The molecular weight excluding hydrogens is 220 g/mol. The highest BCUT2D eigenvalue weighted by molar-refractivity contribution is 6.04. The third-order valence-electron chi connectivity index (χ3n) is 2.15. The molecule has 86 valence electrons. The molecule has 6 heteroatoms. The van der Waals surface area contributed by atoms with Crippen LogP contribution in [0.1, 0.15) is 17.3 Å². The first-order valence-corrected chi connectivity index (χ1v) is 4.91. The molecule has 17 heavy (non-hydrogen) atoms. The first-order chi connectivity index (χ1) is 8.08. The maximum absolute atomic E-state index is 11.3. The fraction of sp³-hybridized carbons (Fsp3) is 0.0909. The second-order valence-electron chi connectivity index (χ2n) is 3.48. The lowest BCUT2D eigenvalue weighted by Crippen LogP contribution is -2.17. The van der Waals surface area contributed by atoms with Gasteiger partial charge in [-0.3, -0.25) is 9.59 Å². The highest BCUT2D eigenvalue weighted by atomic mass is 16.2. The Bertz CT molecular complexity index is 609. The molecule has 2 amide bonds. The highest BCUT2D eigenvalue weighted by Gasteiger charge is 2.12. The van der Waals surface area contributed by atoms with E-state index in [1.54, 1.807) is 24.4 Å². The fourth-order valence-electron chi connectivity index (χ4n) is 1.46. The number of carbonyl (C=O) groups is 2. The molecule has 0 aliphatic carbocycles. The number of anilines is 1. The minimum atomic E-state index is -0.646. The zero-order valence-corrected chi connectivity index (χ0v) is 9.10. The molecular formula is C11H10N4O2. The summed E-state index contributed by atoms with van der Waals surface area (Å²) in [7, 11) is 0. The van der Waals surface area contributed by atoms with E-state index >= 15 is 0 Å². The van der Waals surface area contributed by atoms with Crippen LogP contribution in [0.3, 0.4) is 0 Å². The molecule has 6 nitrogen and oxygen atoms in total. The van der Waals surface area contributed by atoms with Gasteiger partial charge in [0.25, 0.3) is 5.91 Å². The van der Waals surface area contributed by atoms with Crippen molar-refractivity contribution >= 4 is 28.7 Å². The average Bonchev–Trinajstić information content (AvgIpc) is 2.27. The molecule has 0 saturated heterocycles. The Morgan fingerprint density at radius 2 is 2.18 bits per heavy atom. The molecule has 0 spiro atoms. The van der Waals surface area contributed by atoms with E-state index < -0.39 is 5.91 Å². The standard InChI is InChI=1S/C11H10N4O2/c1-6(16)14-11-8(9(12)17)5-7-3-2-4-13-10(7)15-11/h2-5H,1H3,(H2,12,17)(H,13,14,15,16). The van der Waals surface area contributed by atoms with E-state index in [2.05, 4.69) is 15.3 Å². The van der Waals surface area contributed by atoms with Gasteiger partial charge in [-0.2, -0.15) is 0 Å². The van der Waals surface area contributed by atoms with Crippen molar-refractivity contribution in [2.24, 2.45) is 5.73 Å². The van der Waals surface area contributed by atoms with Crippen molar-refractivity contribution in [1.29, 1.82) is 0 Å². The molecule has 2 heterocycles. The van der Waals surface area contributed by atoms with Crippen molar-refractivity contribution in [3.8, 4) is 0 Å². The molecule has 0 aliphatic heterocycles. The number of pyridine rings is 2. The Labute approximate surface area is 96.9 Å². The second kappa shape index (κ2) is 4.17. The first kappa shape index (κ1) is 11.0. The van der Waals surface area contributed by atoms with Gasteiger partial charge in [-0.05, 0) is 18.2 Å². The number of nitrogens with one attached hydrogen (secondary N) is 1. The summed E-state index contributed by atoms with van der Waals surface area (Å²) in [4.78, 5) is 30.4. The summed E-state index contributed by atoms with van der Waals surface area (Å²) in [5, 5.41) is 3.15. The van der Waals surface area contributed by atoms with Crippen molar-refractivity contribution in [2.75, 3.05) is 5.32 Å². The van der Waals surface area contributed by atoms with Gasteiger partial charge < -0.3 is 11.1 Å². The number of amides is 2. The molecule has 2 aromatic rings. The topological polar surface area (TPSA) is 98.0 Å². The number of fused-ring (bicyclic) bond motifs is 1. The van der Waals surface area contributed by atoms with Crippen LogP contribution in [0.5, 0.6) is 0 Å². The summed E-state index contributed by atoms with van der Waals surface area (Å²) in [6.07, 6.45) is 1.58. The maximum Gasteiger partial charge on any atom is 0.252 e. The molecule has 3 N–H and O–H groups in total. The van der Waals surface area contributed by atoms with Crippen LogP contribution in [0.2, 0.25) is 0 Å². The summed E-state index contributed by atoms with van der Waals surface area (Å²) in [6, 6.07) is 5.05. The number of rotatable bonds is 2. The van der Waals surface area contributed by atoms with Gasteiger partial charge in [-0.1, -0.05) is 0 Å². The van der Waals surface area contributed by atoms with E-state index in [0.717, 1.165) is 0 Å². The zero-order chi connectivity index (χ0) is 12.4. The molecule has 0 bridgehead atoms. The predicted molar refractivity (Wildman–Crippen MR) is 62.4 cm³/mol. The largest absolute Gasteiger partial charge is 0.365 e. The fourth-order valence-corrected chi connectivity index (χ4v) is 1.46. The van der Waals surface area contributed by atoms with Gasteiger partial charge in [0.05, 0.1) is 5.56 Å². The summed E-state index contributed by atoms with van der Waals surface area (Å²) in [6.45, 7) is 1.33. The minimum Gasteiger partial charge on any atom is -0.365 e. The Balaban J connectivity index is 2.66. The third-order valence-corrected chi connectivity index (χ3v) is 2.15. The average molecular weight is 230 g/mol. The van der Waals surface area contributed by atoms with E-state index in [1.165, 1.54) is 6.92 Å². The van der Waals surface area contributed by atoms with Crippen LogP contribution < -0.4 is 11.1 Å². The normalized spacial score (nSPS) is 10.2. The van der Waals surface area contributed by atoms with Crippen LogP contribution in [0.25, 0.3) is 11.0 Å². The predicted octanol–water partition coefficient (Wildman–Crippen LogP) is 0.687. The molecule has 0 radical (unpaired) electrons. The monoisotopic (exact) mass is 230 g/mol. The number of hydrogen-bond acceptors (Lipinski definition) is 4. The summed E-state index contributed by atoms with van der Waals surface area (Å²) < 4.78 is 0. The number of primary amides is 1. The second-order valence-corrected chi connectivity index (χ2v) is 3.48. The smallest absolute Gasteiger partial charge is 0.252 e. The Kier molecular flexibility index (Phi) is 2.70. The number of hydrogen-bond donors (Lipinski definition) is 2. The molecule has 0 saturated carbocycles. The van der Waals surface area contributed by atoms with E-state index in [0.29, 0.717) is 11.0 Å². The number of aromatic nitrogens is 2. The Morgan fingerprint density at radius 1 is 1.41 bits per heavy atom.